The maximum Gasteiger partial charge on any atom is 0.219 e. The highest BCUT2D eigenvalue weighted by atomic mass is 28.3. The van der Waals surface area contributed by atoms with Gasteiger partial charge < -0.3 is 4.80 Å². The summed E-state index contributed by atoms with van der Waals surface area (Å²) in [4.78, 5) is 11.1. The van der Waals surface area contributed by atoms with Gasteiger partial charge in [-0.3, -0.25) is 0 Å². The van der Waals surface area contributed by atoms with Gasteiger partial charge in [0.25, 0.3) is 0 Å². The molecule has 0 saturated carbocycles. The number of hydrogen-bond donors (Lipinski definition) is 0. The Labute approximate surface area is 162 Å². The fraction of sp³-hybridized carbons (Fsp3) is 1.00. The van der Waals surface area contributed by atoms with Crippen LogP contribution in [0.3, 0.4) is 0 Å². The van der Waals surface area contributed by atoms with Gasteiger partial charge in [-0.05, 0) is 12.6 Å². The lowest BCUT2D eigenvalue weighted by atomic mass is 10.0. The largest absolute Gasteiger partial charge is 0.302 e. The van der Waals surface area contributed by atoms with Crippen molar-refractivity contribution in [1.82, 2.24) is 0 Å². The van der Waals surface area contributed by atoms with Crippen LogP contribution in [0.2, 0.25) is 12.6 Å². The zero-order valence-electron chi connectivity index (χ0n) is 17.8. The summed E-state index contributed by atoms with van der Waals surface area (Å²) in [5.74, 6) is 0. The zero-order valence-corrected chi connectivity index (χ0v) is 19.0. The lowest BCUT2D eigenvalue weighted by molar-refractivity contribution is 0.447. The molecule has 0 aromatic heterocycles. The van der Waals surface area contributed by atoms with Gasteiger partial charge >= 0.3 is 0 Å². The summed E-state index contributed by atoms with van der Waals surface area (Å²) < 4.78 is 0. The van der Waals surface area contributed by atoms with Crippen molar-refractivity contribution >= 4 is 9.04 Å². The molecule has 2 heteroatoms. The normalized spacial score (nSPS) is 12.6. The van der Waals surface area contributed by atoms with Crippen LogP contribution in [0.4, 0.5) is 0 Å². The van der Waals surface area contributed by atoms with Gasteiger partial charge in [0.2, 0.25) is 9.04 Å². The average Bonchev–Trinajstić information content (AvgIpc) is 2.60. The Bertz CT molecular complexity index is 230. The molecule has 0 aromatic rings. The van der Waals surface area contributed by atoms with Crippen molar-refractivity contribution < 1.29 is 4.80 Å². The molecule has 0 N–H and O–H groups in total. The first-order valence-corrected chi connectivity index (χ1v) is 14.4. The Kier molecular flexibility index (Phi) is 22.4. The molecule has 0 fully saturated rings. The van der Waals surface area contributed by atoms with E-state index in [1.807, 2.05) is 6.55 Å². The molecule has 0 amide bonds. The summed E-state index contributed by atoms with van der Waals surface area (Å²) in [6.45, 7) is 4.22. The minimum absolute atomic E-state index is 1.01. The molecule has 0 bridgehead atoms. The molecule has 0 heterocycles. The summed E-state index contributed by atoms with van der Waals surface area (Å²) in [6, 6.07) is 1.01. The topological polar surface area (TPSA) is 19.9 Å². The van der Waals surface area contributed by atoms with Gasteiger partial charge in [-0.15, -0.1) is 0 Å². The van der Waals surface area contributed by atoms with E-state index in [-0.39, 0.29) is 0 Å². The quantitative estimate of drug-likeness (QED) is 0.142. The molecule has 0 aromatic carbocycles. The van der Waals surface area contributed by atoms with Crippen LogP contribution in [-0.2, 0) is 4.80 Å². The van der Waals surface area contributed by atoms with Gasteiger partial charge in [-0.25, -0.2) is 0 Å². The van der Waals surface area contributed by atoms with Crippen LogP contribution in [0.5, 0.6) is 0 Å². The highest BCUT2D eigenvalue weighted by molar-refractivity contribution is 6.48. The summed E-state index contributed by atoms with van der Waals surface area (Å²) in [7, 11) is -1.52. The molecular formula is C23H49OSi. The van der Waals surface area contributed by atoms with Crippen molar-refractivity contribution in [2.24, 2.45) is 0 Å². The van der Waals surface area contributed by atoms with E-state index >= 15 is 0 Å². The van der Waals surface area contributed by atoms with Crippen molar-refractivity contribution in [1.29, 1.82) is 0 Å². The molecule has 0 spiro atoms. The van der Waals surface area contributed by atoms with Crippen LogP contribution in [-0.4, -0.2) is 9.04 Å². The summed E-state index contributed by atoms with van der Waals surface area (Å²) in [5.41, 5.74) is 0. The molecule has 0 rings (SSSR count). The van der Waals surface area contributed by atoms with Gasteiger partial charge in [-0.1, -0.05) is 135 Å². The van der Waals surface area contributed by atoms with Crippen LogP contribution in [0.25, 0.3) is 0 Å². The number of unbranched alkanes of at least 4 members (excludes halogenated alkanes) is 19. The second-order valence-electron chi connectivity index (χ2n) is 8.32. The Hall–Kier alpha value is 0.177. The van der Waals surface area contributed by atoms with E-state index in [1.165, 1.54) is 128 Å². The van der Waals surface area contributed by atoms with Crippen molar-refractivity contribution in [3.63, 3.8) is 0 Å². The molecule has 0 saturated heterocycles. The molecule has 1 atom stereocenters. The van der Waals surface area contributed by atoms with Gasteiger partial charge in [-0.2, -0.15) is 0 Å². The minimum Gasteiger partial charge on any atom is -0.302 e. The molecular weight excluding hydrogens is 320 g/mol. The van der Waals surface area contributed by atoms with E-state index in [0.717, 1.165) is 6.04 Å². The molecule has 0 aliphatic rings. The van der Waals surface area contributed by atoms with E-state index in [0.29, 0.717) is 0 Å². The highest BCUT2D eigenvalue weighted by Crippen LogP contribution is 2.15. The standard InChI is InChI=1S/C23H49OSi/c1-3-4-5-6-7-8-9-10-11-12-13-14-15-16-17-18-19-20-21-22-23-25(2)24/h25H,3-23H2,1-2H3. The molecule has 151 valence electrons. The number of hydrogen-bond acceptors (Lipinski definition) is 0. The maximum absolute atomic E-state index is 11.1. The van der Waals surface area contributed by atoms with Crippen LogP contribution in [0.15, 0.2) is 0 Å². The summed E-state index contributed by atoms with van der Waals surface area (Å²) in [5, 5.41) is 0. The van der Waals surface area contributed by atoms with Gasteiger partial charge in [0.15, 0.2) is 0 Å². The summed E-state index contributed by atoms with van der Waals surface area (Å²) >= 11 is 0. The fourth-order valence-corrected chi connectivity index (χ4v) is 4.55. The molecule has 0 aliphatic carbocycles. The van der Waals surface area contributed by atoms with Gasteiger partial charge in [0, 0.05) is 0 Å². The predicted molar refractivity (Wildman–Crippen MR) is 117 cm³/mol. The lowest BCUT2D eigenvalue weighted by Gasteiger charge is -2.04. The third-order valence-electron chi connectivity index (χ3n) is 5.46. The van der Waals surface area contributed by atoms with E-state index in [2.05, 4.69) is 6.92 Å². The Morgan fingerprint density at radius 3 is 0.920 bits per heavy atom. The molecule has 1 radical (unpaired) electrons. The van der Waals surface area contributed by atoms with Gasteiger partial charge in [0.05, 0.1) is 0 Å². The Morgan fingerprint density at radius 1 is 0.440 bits per heavy atom. The second-order valence-corrected chi connectivity index (χ2v) is 10.5. The van der Waals surface area contributed by atoms with E-state index in [4.69, 9.17) is 0 Å². The third-order valence-corrected chi connectivity index (χ3v) is 6.69. The average molecular weight is 370 g/mol. The van der Waals surface area contributed by atoms with E-state index < -0.39 is 9.04 Å². The minimum atomic E-state index is -1.52. The first-order valence-electron chi connectivity index (χ1n) is 11.9. The fourth-order valence-electron chi connectivity index (χ4n) is 3.69. The van der Waals surface area contributed by atoms with Crippen molar-refractivity contribution in [2.75, 3.05) is 0 Å². The molecule has 0 aliphatic heterocycles. The molecule has 1 unspecified atom stereocenters. The first-order chi connectivity index (χ1) is 12.3. The molecule has 25 heavy (non-hydrogen) atoms. The third kappa shape index (κ3) is 24.2. The Balaban J connectivity index is 2.96. The SMILES string of the molecule is CCCCCCCCCCCCCCCCCCCCCC[SiH](C)[O]. The summed E-state index contributed by atoms with van der Waals surface area (Å²) in [6.07, 6.45) is 28.5. The van der Waals surface area contributed by atoms with Crippen LogP contribution < -0.4 is 0 Å². The Morgan fingerprint density at radius 2 is 0.680 bits per heavy atom. The molecule has 1 nitrogen and oxygen atoms in total. The van der Waals surface area contributed by atoms with Crippen molar-refractivity contribution in [3.8, 4) is 0 Å². The van der Waals surface area contributed by atoms with Crippen molar-refractivity contribution in [3.05, 3.63) is 0 Å². The monoisotopic (exact) mass is 369 g/mol. The van der Waals surface area contributed by atoms with Crippen molar-refractivity contribution in [2.45, 2.75) is 148 Å². The van der Waals surface area contributed by atoms with Crippen LogP contribution in [0, 0.1) is 0 Å². The maximum atomic E-state index is 11.1. The smallest absolute Gasteiger partial charge is 0.219 e. The van der Waals surface area contributed by atoms with E-state index in [9.17, 15) is 4.80 Å². The highest BCUT2D eigenvalue weighted by Gasteiger charge is 2.00. The lowest BCUT2D eigenvalue weighted by Crippen LogP contribution is -2.01. The zero-order chi connectivity index (χ0) is 18.4. The first kappa shape index (κ1) is 25.2. The number of rotatable bonds is 21. The van der Waals surface area contributed by atoms with E-state index in [1.54, 1.807) is 0 Å². The van der Waals surface area contributed by atoms with Gasteiger partial charge in [0.1, 0.15) is 0 Å². The second kappa shape index (κ2) is 22.2. The predicted octanol–water partition coefficient (Wildman–Crippen LogP) is 8.59. The van der Waals surface area contributed by atoms with Crippen LogP contribution >= 0.6 is 0 Å². The van der Waals surface area contributed by atoms with Crippen LogP contribution in [0.1, 0.15) is 135 Å².